The van der Waals surface area contributed by atoms with Crippen LogP contribution in [0.4, 0.5) is 0 Å². The van der Waals surface area contributed by atoms with Crippen molar-refractivity contribution in [2.24, 2.45) is 0 Å². The summed E-state index contributed by atoms with van der Waals surface area (Å²) in [6.07, 6.45) is 5.33. The summed E-state index contributed by atoms with van der Waals surface area (Å²) in [5.74, 6) is 3.09. The molecule has 0 radical (unpaired) electrons. The fourth-order valence-corrected chi connectivity index (χ4v) is 3.59. The lowest BCUT2D eigenvalue weighted by molar-refractivity contribution is 0.0466. The Morgan fingerprint density at radius 1 is 1.00 bits per heavy atom. The first kappa shape index (κ1) is 22.1. The summed E-state index contributed by atoms with van der Waals surface area (Å²) in [5.41, 5.74) is 4.03. The van der Waals surface area contributed by atoms with E-state index in [-0.39, 0.29) is 18.9 Å². The largest absolute Gasteiger partial charge is 0.481 e. The van der Waals surface area contributed by atoms with Crippen molar-refractivity contribution in [3.8, 4) is 29.4 Å². The van der Waals surface area contributed by atoms with Crippen molar-refractivity contribution in [2.45, 2.75) is 26.4 Å². The SMILES string of the molecule is C#CCOc1ccc2cc(C(=O)OCc3ccccc3)nc(-c3ccc(C(C)C)cc3)c2c1. The van der Waals surface area contributed by atoms with Gasteiger partial charge in [0.05, 0.1) is 5.69 Å². The third-order valence-electron chi connectivity index (χ3n) is 5.40. The number of hydrogen-bond acceptors (Lipinski definition) is 4. The fourth-order valence-electron chi connectivity index (χ4n) is 3.59. The third kappa shape index (κ3) is 5.22. The zero-order valence-corrected chi connectivity index (χ0v) is 18.7. The second kappa shape index (κ2) is 10.0. The summed E-state index contributed by atoms with van der Waals surface area (Å²) in [7, 11) is 0. The van der Waals surface area contributed by atoms with Crippen LogP contribution in [0.2, 0.25) is 0 Å². The fraction of sp³-hybridized carbons (Fsp3) is 0.172. The average Bonchev–Trinajstić information content (AvgIpc) is 2.86. The van der Waals surface area contributed by atoms with Gasteiger partial charge in [0, 0.05) is 10.9 Å². The van der Waals surface area contributed by atoms with Crippen LogP contribution in [-0.4, -0.2) is 17.6 Å². The highest BCUT2D eigenvalue weighted by atomic mass is 16.5. The average molecular weight is 436 g/mol. The number of pyridine rings is 1. The molecule has 0 saturated heterocycles. The van der Waals surface area contributed by atoms with Gasteiger partial charge in [0.2, 0.25) is 0 Å². The van der Waals surface area contributed by atoms with E-state index in [1.165, 1.54) is 5.56 Å². The van der Waals surface area contributed by atoms with Crippen LogP contribution in [0.15, 0.2) is 78.9 Å². The molecule has 0 aliphatic carbocycles. The molecular weight excluding hydrogens is 410 g/mol. The van der Waals surface area contributed by atoms with Crippen LogP contribution in [0.25, 0.3) is 22.0 Å². The molecule has 0 N–H and O–H groups in total. The minimum atomic E-state index is -0.464. The summed E-state index contributed by atoms with van der Waals surface area (Å²) >= 11 is 0. The number of aromatic nitrogens is 1. The quantitative estimate of drug-likeness (QED) is 0.249. The molecule has 0 fully saturated rings. The highest BCUT2D eigenvalue weighted by Gasteiger charge is 2.16. The first-order chi connectivity index (χ1) is 16.0. The van der Waals surface area contributed by atoms with Crippen molar-refractivity contribution in [3.05, 3.63) is 95.7 Å². The lowest BCUT2D eigenvalue weighted by atomic mass is 9.98. The zero-order chi connectivity index (χ0) is 23.2. The van der Waals surface area contributed by atoms with Gasteiger partial charge in [-0.2, -0.15) is 0 Å². The van der Waals surface area contributed by atoms with E-state index in [0.717, 1.165) is 21.9 Å². The lowest BCUT2D eigenvalue weighted by Crippen LogP contribution is -2.08. The van der Waals surface area contributed by atoms with Gasteiger partial charge in [0.1, 0.15) is 24.7 Å². The van der Waals surface area contributed by atoms with Gasteiger partial charge >= 0.3 is 5.97 Å². The normalized spacial score (nSPS) is 10.7. The number of terminal acetylenes is 1. The number of ether oxygens (including phenoxy) is 2. The molecule has 0 atom stereocenters. The van der Waals surface area contributed by atoms with Crippen molar-refractivity contribution in [1.82, 2.24) is 4.98 Å². The van der Waals surface area contributed by atoms with Gasteiger partial charge in [-0.05, 0) is 40.6 Å². The number of esters is 1. The monoisotopic (exact) mass is 435 g/mol. The summed E-state index contributed by atoms with van der Waals surface area (Å²) < 4.78 is 11.1. The Hall–Kier alpha value is -4.10. The number of carbonyl (C=O) groups is 1. The van der Waals surface area contributed by atoms with Gasteiger partial charge in [-0.25, -0.2) is 9.78 Å². The van der Waals surface area contributed by atoms with Gasteiger partial charge in [0.15, 0.2) is 0 Å². The molecule has 33 heavy (non-hydrogen) atoms. The van der Waals surface area contributed by atoms with E-state index in [4.69, 9.17) is 20.9 Å². The summed E-state index contributed by atoms with van der Waals surface area (Å²) in [6.45, 7) is 4.68. The van der Waals surface area contributed by atoms with Crippen molar-refractivity contribution in [1.29, 1.82) is 0 Å². The molecule has 0 bridgehead atoms. The Balaban J connectivity index is 1.74. The molecule has 4 rings (SSSR count). The molecular formula is C29H25NO3. The topological polar surface area (TPSA) is 48.4 Å². The molecule has 0 amide bonds. The standard InChI is InChI=1S/C29H25NO3/c1-4-16-32-25-15-14-24-17-27(29(31)33-19-21-8-6-5-7-9-21)30-28(26(24)18-25)23-12-10-22(11-13-23)20(2)3/h1,5-15,17-18,20H,16,19H2,2-3H3. The number of hydrogen-bond donors (Lipinski definition) is 0. The molecule has 0 aliphatic rings. The van der Waals surface area contributed by atoms with E-state index in [1.54, 1.807) is 6.07 Å². The summed E-state index contributed by atoms with van der Waals surface area (Å²) in [5, 5.41) is 1.74. The molecule has 0 spiro atoms. The number of nitrogens with zero attached hydrogens (tertiary/aromatic N) is 1. The second-order valence-electron chi connectivity index (χ2n) is 8.07. The van der Waals surface area contributed by atoms with Gasteiger partial charge in [-0.3, -0.25) is 0 Å². The maximum absolute atomic E-state index is 12.9. The van der Waals surface area contributed by atoms with Crippen molar-refractivity contribution in [3.63, 3.8) is 0 Å². The van der Waals surface area contributed by atoms with Crippen LogP contribution in [0.1, 0.15) is 41.4 Å². The minimum absolute atomic E-state index is 0.182. The predicted molar refractivity (Wildman–Crippen MR) is 131 cm³/mol. The van der Waals surface area contributed by atoms with Crippen molar-refractivity contribution < 1.29 is 14.3 Å². The highest BCUT2D eigenvalue weighted by molar-refractivity contribution is 6.00. The van der Waals surface area contributed by atoms with E-state index < -0.39 is 5.97 Å². The number of benzene rings is 3. The van der Waals surface area contributed by atoms with Gasteiger partial charge in [0.25, 0.3) is 0 Å². The molecule has 4 nitrogen and oxygen atoms in total. The van der Waals surface area contributed by atoms with Gasteiger partial charge in [-0.15, -0.1) is 6.42 Å². The van der Waals surface area contributed by atoms with Crippen LogP contribution >= 0.6 is 0 Å². The molecule has 0 unspecified atom stereocenters. The third-order valence-corrected chi connectivity index (χ3v) is 5.40. The van der Waals surface area contributed by atoms with E-state index in [1.807, 2.05) is 60.7 Å². The number of rotatable bonds is 7. The Morgan fingerprint density at radius 3 is 2.45 bits per heavy atom. The molecule has 4 heteroatoms. The Bertz CT molecular complexity index is 1300. The van der Waals surface area contributed by atoms with E-state index in [9.17, 15) is 4.79 Å². The molecule has 1 heterocycles. The van der Waals surface area contributed by atoms with Crippen molar-refractivity contribution >= 4 is 16.7 Å². The summed E-state index contributed by atoms with van der Waals surface area (Å²) in [6, 6.07) is 25.2. The molecule has 1 aromatic heterocycles. The smallest absolute Gasteiger partial charge is 0.357 e. The molecule has 3 aromatic carbocycles. The molecule has 0 saturated carbocycles. The maximum Gasteiger partial charge on any atom is 0.357 e. The predicted octanol–water partition coefficient (Wildman–Crippen LogP) is 6.39. The van der Waals surface area contributed by atoms with E-state index >= 15 is 0 Å². The van der Waals surface area contributed by atoms with Crippen molar-refractivity contribution in [2.75, 3.05) is 6.61 Å². The van der Waals surface area contributed by atoms with Crippen LogP contribution in [-0.2, 0) is 11.3 Å². The van der Waals surface area contributed by atoms with E-state index in [2.05, 4.69) is 31.9 Å². The molecule has 4 aromatic rings. The maximum atomic E-state index is 12.9. The zero-order valence-electron chi connectivity index (χ0n) is 18.7. The van der Waals surface area contributed by atoms with Gasteiger partial charge < -0.3 is 9.47 Å². The Labute approximate surface area is 194 Å². The number of fused-ring (bicyclic) bond motifs is 1. The first-order valence-corrected chi connectivity index (χ1v) is 10.9. The minimum Gasteiger partial charge on any atom is -0.481 e. The highest BCUT2D eigenvalue weighted by Crippen LogP contribution is 2.32. The summed E-state index contributed by atoms with van der Waals surface area (Å²) in [4.78, 5) is 17.6. The van der Waals surface area contributed by atoms with E-state index in [0.29, 0.717) is 17.4 Å². The molecule has 0 aliphatic heterocycles. The van der Waals surface area contributed by atoms with Gasteiger partial charge in [-0.1, -0.05) is 80.4 Å². The first-order valence-electron chi connectivity index (χ1n) is 10.9. The Kier molecular flexibility index (Phi) is 6.71. The number of carbonyl (C=O) groups excluding carboxylic acids is 1. The lowest BCUT2D eigenvalue weighted by Gasteiger charge is -2.13. The second-order valence-corrected chi connectivity index (χ2v) is 8.07. The van der Waals surface area contributed by atoms with Crippen LogP contribution in [0.3, 0.4) is 0 Å². The van der Waals surface area contributed by atoms with Crippen LogP contribution in [0.5, 0.6) is 5.75 Å². The molecule has 164 valence electrons. The Morgan fingerprint density at radius 2 is 1.76 bits per heavy atom. The van der Waals surface area contributed by atoms with Crippen LogP contribution in [0, 0.1) is 12.3 Å². The van der Waals surface area contributed by atoms with Crippen LogP contribution < -0.4 is 4.74 Å².